The molecule has 2 aliphatic rings. The van der Waals surface area contributed by atoms with Gasteiger partial charge in [0.15, 0.2) is 0 Å². The molecule has 0 N–H and O–H groups in total. The number of hydrogen-bond acceptors (Lipinski definition) is 5. The number of hydrogen-bond donors (Lipinski definition) is 0. The van der Waals surface area contributed by atoms with Gasteiger partial charge in [-0.2, -0.15) is 0 Å². The summed E-state index contributed by atoms with van der Waals surface area (Å²) in [5, 5.41) is 0. The molecule has 6 nitrogen and oxygen atoms in total. The Morgan fingerprint density at radius 3 is 2.72 bits per heavy atom. The van der Waals surface area contributed by atoms with Gasteiger partial charge in [0.2, 0.25) is 0 Å². The van der Waals surface area contributed by atoms with Crippen LogP contribution in [0.25, 0.3) is 0 Å². The molecular weight excluding hydrogens is 362 g/mol. The van der Waals surface area contributed by atoms with E-state index in [1.807, 2.05) is 25.6 Å². The van der Waals surface area contributed by atoms with Crippen LogP contribution in [0.5, 0.6) is 0 Å². The summed E-state index contributed by atoms with van der Waals surface area (Å²) in [5.74, 6) is 0.834. The van der Waals surface area contributed by atoms with E-state index in [1.165, 1.54) is 16.8 Å². The molecule has 150 valence electrons. The van der Waals surface area contributed by atoms with Gasteiger partial charge < -0.3 is 9.30 Å². The number of likely N-dealkylation sites (tertiary alicyclic amines) is 1. The van der Waals surface area contributed by atoms with E-state index < -0.39 is 0 Å². The van der Waals surface area contributed by atoms with Crippen LogP contribution in [0.3, 0.4) is 0 Å². The van der Waals surface area contributed by atoms with Crippen molar-refractivity contribution in [3.63, 3.8) is 0 Å². The van der Waals surface area contributed by atoms with Gasteiger partial charge in [-0.25, -0.2) is 15.0 Å². The van der Waals surface area contributed by atoms with Crippen LogP contribution in [0.4, 0.5) is 0 Å². The van der Waals surface area contributed by atoms with Gasteiger partial charge in [-0.3, -0.25) is 4.90 Å². The van der Waals surface area contributed by atoms with Crippen LogP contribution in [-0.4, -0.2) is 44.1 Å². The maximum Gasteiger partial charge on any atom is 0.125 e. The molecule has 0 radical (unpaired) electrons. The molecule has 29 heavy (non-hydrogen) atoms. The summed E-state index contributed by atoms with van der Waals surface area (Å²) in [6.07, 6.45) is 8.80. The van der Waals surface area contributed by atoms with Gasteiger partial charge >= 0.3 is 0 Å². The first-order valence-corrected chi connectivity index (χ1v) is 10.4. The smallest absolute Gasteiger partial charge is 0.125 e. The molecule has 2 aromatic heterocycles. The average molecular weight is 390 g/mol. The Labute approximate surface area is 171 Å². The van der Waals surface area contributed by atoms with E-state index in [1.54, 1.807) is 0 Å². The van der Waals surface area contributed by atoms with Crippen molar-refractivity contribution in [1.29, 1.82) is 0 Å². The second kappa shape index (κ2) is 7.69. The lowest BCUT2D eigenvalue weighted by Gasteiger charge is -2.44. The van der Waals surface area contributed by atoms with Crippen LogP contribution in [-0.2, 0) is 29.8 Å². The quantitative estimate of drug-likeness (QED) is 0.686. The lowest BCUT2D eigenvalue weighted by Crippen LogP contribution is -2.47. The second-order valence-corrected chi connectivity index (χ2v) is 8.16. The van der Waals surface area contributed by atoms with Gasteiger partial charge in [-0.05, 0) is 37.3 Å². The van der Waals surface area contributed by atoms with Crippen molar-refractivity contribution in [3.8, 4) is 0 Å². The van der Waals surface area contributed by atoms with Gasteiger partial charge in [-0.1, -0.05) is 30.3 Å². The predicted octanol–water partition coefficient (Wildman–Crippen LogP) is 3.09. The molecule has 0 amide bonds. The minimum atomic E-state index is -0.234. The first kappa shape index (κ1) is 18.5. The standard InChI is InChI=1S/C23H27N5O/c1-18-25-13-20-7-12-29-23(22(20)26-18)8-10-27(11-9-23)16-21-14-24-17-28(21)15-19-5-3-2-4-6-19/h2-6,13-14,17H,7-12,15-16H2,1H3. The zero-order valence-corrected chi connectivity index (χ0v) is 16.9. The zero-order valence-electron chi connectivity index (χ0n) is 16.9. The molecule has 5 rings (SSSR count). The van der Waals surface area contributed by atoms with Crippen LogP contribution in [0, 0.1) is 6.92 Å². The molecule has 1 spiro atoms. The Hall–Kier alpha value is -2.57. The van der Waals surface area contributed by atoms with Gasteiger partial charge in [0.1, 0.15) is 11.4 Å². The van der Waals surface area contributed by atoms with Gasteiger partial charge in [0, 0.05) is 38.6 Å². The lowest BCUT2D eigenvalue weighted by molar-refractivity contribution is -0.102. The fourth-order valence-electron chi connectivity index (χ4n) is 4.58. The second-order valence-electron chi connectivity index (χ2n) is 8.16. The molecule has 3 aromatic rings. The fraction of sp³-hybridized carbons (Fsp3) is 0.435. The highest BCUT2D eigenvalue weighted by molar-refractivity contribution is 5.27. The Balaban J connectivity index is 1.27. The number of ether oxygens (including phenoxy) is 1. The molecule has 2 aliphatic heterocycles. The van der Waals surface area contributed by atoms with Crippen molar-refractivity contribution < 1.29 is 4.74 Å². The SMILES string of the molecule is Cc1ncc2c(n1)C1(CCN(Cc3cncn3Cc3ccccc3)CC1)OCC2. The van der Waals surface area contributed by atoms with Crippen molar-refractivity contribution in [3.05, 3.63) is 77.4 Å². The first-order chi connectivity index (χ1) is 14.2. The van der Waals surface area contributed by atoms with E-state index in [-0.39, 0.29) is 5.60 Å². The summed E-state index contributed by atoms with van der Waals surface area (Å²) < 4.78 is 8.59. The summed E-state index contributed by atoms with van der Waals surface area (Å²) >= 11 is 0. The summed E-state index contributed by atoms with van der Waals surface area (Å²) in [5.41, 5.74) is 4.71. The van der Waals surface area contributed by atoms with Crippen LogP contribution in [0.1, 0.15) is 41.2 Å². The van der Waals surface area contributed by atoms with Crippen LogP contribution >= 0.6 is 0 Å². The summed E-state index contributed by atoms with van der Waals surface area (Å²) in [6.45, 7) is 6.51. The number of rotatable bonds is 4. The summed E-state index contributed by atoms with van der Waals surface area (Å²) in [7, 11) is 0. The molecule has 1 fully saturated rings. The highest BCUT2D eigenvalue weighted by Crippen LogP contribution is 2.40. The fourth-order valence-corrected chi connectivity index (χ4v) is 4.58. The third kappa shape index (κ3) is 3.70. The normalized spacial score (nSPS) is 18.7. The van der Waals surface area contributed by atoms with Gasteiger partial charge in [0.05, 0.1) is 24.3 Å². The molecule has 0 unspecified atom stereocenters. The monoisotopic (exact) mass is 389 g/mol. The van der Waals surface area contributed by atoms with Gasteiger partial charge in [-0.15, -0.1) is 0 Å². The van der Waals surface area contributed by atoms with Crippen LogP contribution < -0.4 is 0 Å². The Morgan fingerprint density at radius 1 is 1.07 bits per heavy atom. The maximum absolute atomic E-state index is 6.34. The van der Waals surface area contributed by atoms with E-state index in [2.05, 4.69) is 49.8 Å². The minimum Gasteiger partial charge on any atom is -0.368 e. The maximum atomic E-state index is 6.34. The van der Waals surface area contributed by atoms with Crippen molar-refractivity contribution in [2.75, 3.05) is 19.7 Å². The summed E-state index contributed by atoms with van der Waals surface area (Å²) in [6, 6.07) is 10.6. The number of nitrogens with zero attached hydrogens (tertiary/aromatic N) is 5. The number of piperidine rings is 1. The molecule has 1 aromatic carbocycles. The topological polar surface area (TPSA) is 56.1 Å². The molecule has 0 atom stereocenters. The lowest BCUT2D eigenvalue weighted by atomic mass is 9.83. The highest BCUT2D eigenvalue weighted by atomic mass is 16.5. The third-order valence-corrected chi connectivity index (χ3v) is 6.21. The number of imidazole rings is 1. The Morgan fingerprint density at radius 2 is 1.90 bits per heavy atom. The van der Waals surface area contributed by atoms with Crippen LogP contribution in [0.15, 0.2) is 49.1 Å². The predicted molar refractivity (Wildman–Crippen MR) is 110 cm³/mol. The van der Waals surface area contributed by atoms with Crippen molar-refractivity contribution in [2.45, 2.75) is 44.9 Å². The molecule has 6 heteroatoms. The Bertz CT molecular complexity index is 976. The molecule has 0 aliphatic carbocycles. The average Bonchev–Trinajstić information content (AvgIpc) is 3.18. The largest absolute Gasteiger partial charge is 0.368 e. The Kier molecular flexibility index (Phi) is 4.89. The highest BCUT2D eigenvalue weighted by Gasteiger charge is 2.42. The molecular formula is C23H27N5O. The number of benzene rings is 1. The minimum absolute atomic E-state index is 0.234. The zero-order chi connectivity index (χ0) is 19.7. The van der Waals surface area contributed by atoms with E-state index in [9.17, 15) is 0 Å². The van der Waals surface area contributed by atoms with Gasteiger partial charge in [0.25, 0.3) is 0 Å². The number of aryl methyl sites for hydroxylation is 1. The van der Waals surface area contributed by atoms with E-state index in [0.717, 1.165) is 63.6 Å². The molecule has 4 heterocycles. The number of aromatic nitrogens is 4. The summed E-state index contributed by atoms with van der Waals surface area (Å²) in [4.78, 5) is 16.1. The van der Waals surface area contributed by atoms with Crippen molar-refractivity contribution in [2.24, 2.45) is 0 Å². The molecule has 0 saturated carbocycles. The van der Waals surface area contributed by atoms with Crippen molar-refractivity contribution >= 4 is 0 Å². The van der Waals surface area contributed by atoms with Crippen LogP contribution in [0.2, 0.25) is 0 Å². The first-order valence-electron chi connectivity index (χ1n) is 10.4. The van der Waals surface area contributed by atoms with E-state index >= 15 is 0 Å². The van der Waals surface area contributed by atoms with Crippen molar-refractivity contribution in [1.82, 2.24) is 24.4 Å². The molecule has 0 bridgehead atoms. The third-order valence-electron chi connectivity index (χ3n) is 6.21. The number of fused-ring (bicyclic) bond motifs is 2. The van der Waals surface area contributed by atoms with E-state index in [0.29, 0.717) is 0 Å². The van der Waals surface area contributed by atoms with E-state index in [4.69, 9.17) is 9.72 Å². The molecule has 1 saturated heterocycles.